The molecule has 0 radical (unpaired) electrons. The van der Waals surface area contributed by atoms with Crippen LogP contribution in [-0.4, -0.2) is 35.1 Å². The molecule has 1 fully saturated rings. The zero-order valence-corrected chi connectivity index (χ0v) is 11.6. The van der Waals surface area contributed by atoms with Crippen LogP contribution in [0, 0.1) is 5.92 Å². The van der Waals surface area contributed by atoms with Crippen molar-refractivity contribution in [3.05, 3.63) is 35.9 Å². The van der Waals surface area contributed by atoms with Gasteiger partial charge in [0, 0.05) is 12.5 Å². The number of hydrogen-bond acceptors (Lipinski definition) is 2. The van der Waals surface area contributed by atoms with Crippen molar-refractivity contribution in [1.82, 2.24) is 4.90 Å². The van der Waals surface area contributed by atoms with Gasteiger partial charge in [0.1, 0.15) is 0 Å². The third-order valence-corrected chi connectivity index (χ3v) is 4.22. The molecule has 1 saturated heterocycles. The van der Waals surface area contributed by atoms with Crippen LogP contribution >= 0.6 is 0 Å². The van der Waals surface area contributed by atoms with Crippen LogP contribution in [0.3, 0.4) is 0 Å². The summed E-state index contributed by atoms with van der Waals surface area (Å²) in [5, 5.41) is 8.68. The Bertz CT molecular complexity index is 404. The molecule has 1 heterocycles. The van der Waals surface area contributed by atoms with Gasteiger partial charge in [0.15, 0.2) is 0 Å². The molecule has 0 spiro atoms. The normalized spacial score (nSPS) is 23.6. The molecule has 0 bridgehead atoms. The summed E-state index contributed by atoms with van der Waals surface area (Å²) in [5.41, 5.74) is 1.41. The van der Waals surface area contributed by atoms with E-state index in [1.165, 1.54) is 12.0 Å². The Balaban J connectivity index is 1.80. The monoisotopic (exact) mass is 261 g/mol. The Morgan fingerprint density at radius 3 is 2.79 bits per heavy atom. The maximum absolute atomic E-state index is 10.5. The van der Waals surface area contributed by atoms with Gasteiger partial charge in [-0.05, 0) is 50.8 Å². The summed E-state index contributed by atoms with van der Waals surface area (Å²) >= 11 is 0. The fourth-order valence-electron chi connectivity index (χ4n) is 3.01. The maximum Gasteiger partial charge on any atom is 0.303 e. The summed E-state index contributed by atoms with van der Waals surface area (Å²) in [6, 6.07) is 11.2. The second kappa shape index (κ2) is 6.71. The molecule has 2 unspecified atom stereocenters. The Hall–Kier alpha value is -1.35. The number of carboxylic acids is 1. The minimum Gasteiger partial charge on any atom is -0.481 e. The van der Waals surface area contributed by atoms with Crippen molar-refractivity contribution in [2.45, 2.75) is 38.6 Å². The van der Waals surface area contributed by atoms with Crippen LogP contribution in [0.25, 0.3) is 0 Å². The minimum absolute atomic E-state index is 0.284. The van der Waals surface area contributed by atoms with Crippen LogP contribution < -0.4 is 0 Å². The number of carbonyl (C=O) groups is 1. The van der Waals surface area contributed by atoms with E-state index in [0.717, 1.165) is 25.9 Å². The number of benzene rings is 1. The van der Waals surface area contributed by atoms with Crippen molar-refractivity contribution < 1.29 is 9.90 Å². The summed E-state index contributed by atoms with van der Waals surface area (Å²) in [4.78, 5) is 13.0. The zero-order valence-electron chi connectivity index (χ0n) is 11.6. The third-order valence-electron chi connectivity index (χ3n) is 4.22. The molecule has 2 atom stereocenters. The molecule has 1 N–H and O–H groups in total. The molecule has 1 aliphatic rings. The van der Waals surface area contributed by atoms with E-state index >= 15 is 0 Å². The Labute approximate surface area is 115 Å². The topological polar surface area (TPSA) is 40.5 Å². The highest BCUT2D eigenvalue weighted by Gasteiger charge is 2.30. The lowest BCUT2D eigenvalue weighted by Gasteiger charge is -2.24. The van der Waals surface area contributed by atoms with E-state index in [1.54, 1.807) is 0 Å². The van der Waals surface area contributed by atoms with Crippen LogP contribution in [0.15, 0.2) is 30.3 Å². The molecule has 1 aromatic carbocycles. The van der Waals surface area contributed by atoms with E-state index in [4.69, 9.17) is 5.11 Å². The van der Waals surface area contributed by atoms with Gasteiger partial charge in [-0.25, -0.2) is 0 Å². The fourth-order valence-corrected chi connectivity index (χ4v) is 3.01. The SMILES string of the molecule is CC1C(Cc2ccccc2)CCN1CCCC(=O)O. The van der Waals surface area contributed by atoms with E-state index < -0.39 is 5.97 Å². The molecule has 0 amide bonds. The highest BCUT2D eigenvalue weighted by molar-refractivity contribution is 5.66. The van der Waals surface area contributed by atoms with Crippen LogP contribution in [0.5, 0.6) is 0 Å². The lowest BCUT2D eigenvalue weighted by atomic mass is 9.93. The molecule has 2 rings (SSSR count). The fraction of sp³-hybridized carbons (Fsp3) is 0.562. The lowest BCUT2D eigenvalue weighted by Crippen LogP contribution is -2.31. The van der Waals surface area contributed by atoms with Gasteiger partial charge in [0.05, 0.1) is 0 Å². The van der Waals surface area contributed by atoms with Crippen molar-refractivity contribution in [2.24, 2.45) is 5.92 Å². The van der Waals surface area contributed by atoms with Crippen LogP contribution in [0.4, 0.5) is 0 Å². The van der Waals surface area contributed by atoms with E-state index in [1.807, 2.05) is 0 Å². The first kappa shape index (κ1) is 14.1. The molecule has 104 valence electrons. The summed E-state index contributed by atoms with van der Waals surface area (Å²) in [7, 11) is 0. The summed E-state index contributed by atoms with van der Waals surface area (Å²) < 4.78 is 0. The molecule has 0 saturated carbocycles. The Kier molecular flexibility index (Phi) is 4.97. The zero-order chi connectivity index (χ0) is 13.7. The highest BCUT2D eigenvalue weighted by Crippen LogP contribution is 2.27. The summed E-state index contributed by atoms with van der Waals surface area (Å²) in [6.45, 7) is 4.30. The number of carboxylic acid groups (broad SMARTS) is 1. The van der Waals surface area contributed by atoms with E-state index in [0.29, 0.717) is 12.0 Å². The molecular formula is C16H23NO2. The van der Waals surface area contributed by atoms with Gasteiger partial charge in [0.25, 0.3) is 0 Å². The number of nitrogens with zero attached hydrogens (tertiary/aromatic N) is 1. The van der Waals surface area contributed by atoms with Gasteiger partial charge in [-0.1, -0.05) is 30.3 Å². The Morgan fingerprint density at radius 1 is 1.37 bits per heavy atom. The number of aliphatic carboxylic acids is 1. The average Bonchev–Trinajstić information content (AvgIpc) is 2.72. The molecule has 1 aliphatic heterocycles. The van der Waals surface area contributed by atoms with Crippen LogP contribution in [0.1, 0.15) is 31.7 Å². The van der Waals surface area contributed by atoms with Gasteiger partial charge in [-0.3, -0.25) is 4.79 Å². The lowest BCUT2D eigenvalue weighted by molar-refractivity contribution is -0.137. The first-order valence-corrected chi connectivity index (χ1v) is 7.16. The maximum atomic E-state index is 10.5. The van der Waals surface area contributed by atoms with Crippen molar-refractivity contribution in [3.8, 4) is 0 Å². The second-order valence-corrected chi connectivity index (χ2v) is 5.51. The van der Waals surface area contributed by atoms with Gasteiger partial charge in [0.2, 0.25) is 0 Å². The third kappa shape index (κ3) is 4.06. The first-order chi connectivity index (χ1) is 9.16. The van der Waals surface area contributed by atoms with Crippen molar-refractivity contribution >= 4 is 5.97 Å². The summed E-state index contributed by atoms with van der Waals surface area (Å²) in [5.74, 6) is 0.0138. The van der Waals surface area contributed by atoms with Crippen molar-refractivity contribution in [2.75, 3.05) is 13.1 Å². The number of rotatable bonds is 6. The molecule has 3 nitrogen and oxygen atoms in total. The van der Waals surface area contributed by atoms with E-state index in [-0.39, 0.29) is 6.42 Å². The van der Waals surface area contributed by atoms with Gasteiger partial charge in [-0.2, -0.15) is 0 Å². The van der Waals surface area contributed by atoms with E-state index in [2.05, 4.69) is 42.2 Å². The van der Waals surface area contributed by atoms with Gasteiger partial charge < -0.3 is 10.0 Å². The molecule has 1 aromatic rings. The standard InChI is InChI=1S/C16H23NO2/c1-13-15(12-14-6-3-2-4-7-14)9-11-17(13)10-5-8-16(18)19/h2-4,6-7,13,15H,5,8-12H2,1H3,(H,18,19). The quantitative estimate of drug-likeness (QED) is 0.856. The molecule has 0 aromatic heterocycles. The van der Waals surface area contributed by atoms with Crippen LogP contribution in [-0.2, 0) is 11.2 Å². The van der Waals surface area contributed by atoms with E-state index in [9.17, 15) is 4.79 Å². The van der Waals surface area contributed by atoms with Crippen molar-refractivity contribution in [3.63, 3.8) is 0 Å². The molecule has 19 heavy (non-hydrogen) atoms. The number of likely N-dealkylation sites (tertiary alicyclic amines) is 1. The number of hydrogen-bond donors (Lipinski definition) is 1. The Morgan fingerprint density at radius 2 is 2.11 bits per heavy atom. The molecule has 3 heteroatoms. The van der Waals surface area contributed by atoms with Gasteiger partial charge >= 0.3 is 5.97 Å². The highest BCUT2D eigenvalue weighted by atomic mass is 16.4. The van der Waals surface area contributed by atoms with Crippen LogP contribution in [0.2, 0.25) is 0 Å². The largest absolute Gasteiger partial charge is 0.481 e. The minimum atomic E-state index is -0.687. The van der Waals surface area contributed by atoms with Gasteiger partial charge in [-0.15, -0.1) is 0 Å². The van der Waals surface area contributed by atoms with Crippen molar-refractivity contribution in [1.29, 1.82) is 0 Å². The molecular weight excluding hydrogens is 238 g/mol. The summed E-state index contributed by atoms with van der Waals surface area (Å²) in [6.07, 6.45) is 3.41. The predicted molar refractivity (Wildman–Crippen MR) is 76.2 cm³/mol. The smallest absolute Gasteiger partial charge is 0.303 e. The molecule has 0 aliphatic carbocycles. The predicted octanol–water partition coefficient (Wildman–Crippen LogP) is 2.80. The first-order valence-electron chi connectivity index (χ1n) is 7.16. The second-order valence-electron chi connectivity index (χ2n) is 5.51. The average molecular weight is 261 g/mol.